The van der Waals surface area contributed by atoms with Gasteiger partial charge in [0.2, 0.25) is 5.91 Å². The van der Waals surface area contributed by atoms with Crippen LogP contribution in [-0.4, -0.2) is 40.1 Å². The fourth-order valence-electron chi connectivity index (χ4n) is 3.83. The van der Waals surface area contributed by atoms with Gasteiger partial charge in [-0.15, -0.1) is 10.2 Å². The van der Waals surface area contributed by atoms with Crippen LogP contribution in [0, 0.1) is 0 Å². The summed E-state index contributed by atoms with van der Waals surface area (Å²) in [5.41, 5.74) is 3.01. The Hall–Kier alpha value is -3.58. The highest BCUT2D eigenvalue weighted by Gasteiger charge is 2.20. The Morgan fingerprint density at radius 1 is 0.941 bits per heavy atom. The lowest BCUT2D eigenvalue weighted by Gasteiger charge is -2.20. The molecule has 0 bridgehead atoms. The minimum atomic E-state index is 0.0372. The zero-order chi connectivity index (χ0) is 23.8. The van der Waals surface area contributed by atoms with Crippen molar-refractivity contribution in [1.82, 2.24) is 14.8 Å². The molecule has 1 aromatic heterocycles. The van der Waals surface area contributed by atoms with Crippen molar-refractivity contribution in [3.05, 3.63) is 90.5 Å². The van der Waals surface area contributed by atoms with E-state index in [4.69, 9.17) is 4.74 Å². The van der Waals surface area contributed by atoms with Gasteiger partial charge < -0.3 is 14.2 Å². The molecule has 174 valence electrons. The minimum absolute atomic E-state index is 0.0372. The second-order valence-electron chi connectivity index (χ2n) is 7.66. The van der Waals surface area contributed by atoms with Crippen molar-refractivity contribution < 1.29 is 9.53 Å². The summed E-state index contributed by atoms with van der Waals surface area (Å²) >= 11 is 1.41. The molecule has 0 unspecified atom stereocenters. The molecule has 0 aliphatic rings. The van der Waals surface area contributed by atoms with E-state index in [0.29, 0.717) is 18.2 Å². The molecule has 0 saturated heterocycles. The van der Waals surface area contributed by atoms with Gasteiger partial charge in [-0.1, -0.05) is 72.4 Å². The van der Waals surface area contributed by atoms with E-state index in [2.05, 4.69) is 26.9 Å². The quantitative estimate of drug-likeness (QED) is 0.292. The number of para-hydroxylation sites is 2. The van der Waals surface area contributed by atoms with Crippen molar-refractivity contribution in [1.29, 1.82) is 0 Å². The number of aryl methyl sites for hydroxylation is 1. The summed E-state index contributed by atoms with van der Waals surface area (Å²) in [6.07, 6.45) is 0.827. The summed E-state index contributed by atoms with van der Waals surface area (Å²) < 4.78 is 7.66. The Morgan fingerprint density at radius 3 is 2.32 bits per heavy atom. The summed E-state index contributed by atoms with van der Waals surface area (Å²) in [7, 11) is 1.65. The van der Waals surface area contributed by atoms with Gasteiger partial charge in [0.15, 0.2) is 11.0 Å². The molecule has 0 aliphatic carbocycles. The van der Waals surface area contributed by atoms with Crippen molar-refractivity contribution in [3.63, 3.8) is 0 Å². The van der Waals surface area contributed by atoms with Crippen molar-refractivity contribution in [2.75, 3.05) is 24.3 Å². The van der Waals surface area contributed by atoms with Crippen LogP contribution in [0.3, 0.4) is 0 Å². The van der Waals surface area contributed by atoms with Crippen LogP contribution in [0.4, 0.5) is 5.69 Å². The third kappa shape index (κ3) is 5.48. The average molecular weight is 473 g/mol. The van der Waals surface area contributed by atoms with Gasteiger partial charge in [-0.05, 0) is 43.2 Å². The molecule has 3 aromatic carbocycles. The first-order valence-electron chi connectivity index (χ1n) is 11.3. The summed E-state index contributed by atoms with van der Waals surface area (Å²) in [5, 5.41) is 9.67. The van der Waals surface area contributed by atoms with Crippen LogP contribution < -0.4 is 9.64 Å². The Kier molecular flexibility index (Phi) is 7.99. The molecule has 0 N–H and O–H groups in total. The standard InChI is InChI=1S/C27H28N4O2S/c1-3-30(22-14-8-5-9-15-22)25(32)20-34-27-29-28-26(23-16-10-11-17-24(23)33-2)31(27)19-18-21-12-6-4-7-13-21/h4-17H,3,18-20H2,1-2H3. The molecule has 6 nitrogen and oxygen atoms in total. The number of anilines is 1. The smallest absolute Gasteiger partial charge is 0.237 e. The maximum absolute atomic E-state index is 13.0. The molecule has 0 aliphatic heterocycles. The van der Waals surface area contributed by atoms with Gasteiger partial charge in [0.05, 0.1) is 18.4 Å². The molecule has 34 heavy (non-hydrogen) atoms. The number of aromatic nitrogens is 3. The molecule has 1 heterocycles. The largest absolute Gasteiger partial charge is 0.496 e. The lowest BCUT2D eigenvalue weighted by atomic mass is 10.1. The lowest BCUT2D eigenvalue weighted by molar-refractivity contribution is -0.116. The van der Waals surface area contributed by atoms with E-state index in [1.54, 1.807) is 12.0 Å². The second kappa shape index (κ2) is 11.5. The first kappa shape index (κ1) is 23.6. The maximum atomic E-state index is 13.0. The minimum Gasteiger partial charge on any atom is -0.496 e. The first-order chi connectivity index (χ1) is 16.7. The summed E-state index contributed by atoms with van der Waals surface area (Å²) in [6.45, 7) is 3.28. The molecule has 0 fully saturated rings. The SMILES string of the molecule is CCN(C(=O)CSc1nnc(-c2ccccc2OC)n1CCc1ccccc1)c1ccccc1. The summed E-state index contributed by atoms with van der Waals surface area (Å²) in [6, 6.07) is 27.9. The van der Waals surface area contributed by atoms with Crippen LogP contribution in [0.25, 0.3) is 11.4 Å². The highest BCUT2D eigenvalue weighted by molar-refractivity contribution is 7.99. The number of hydrogen-bond donors (Lipinski definition) is 0. The number of carbonyl (C=O) groups excluding carboxylic acids is 1. The molecule has 0 atom stereocenters. The van der Waals surface area contributed by atoms with Gasteiger partial charge in [-0.25, -0.2) is 0 Å². The van der Waals surface area contributed by atoms with E-state index >= 15 is 0 Å². The topological polar surface area (TPSA) is 60.3 Å². The molecule has 4 aromatic rings. The van der Waals surface area contributed by atoms with Gasteiger partial charge in [0.1, 0.15) is 5.75 Å². The number of amides is 1. The van der Waals surface area contributed by atoms with Crippen LogP contribution in [0.2, 0.25) is 0 Å². The van der Waals surface area contributed by atoms with Crippen LogP contribution >= 0.6 is 11.8 Å². The first-order valence-corrected chi connectivity index (χ1v) is 12.3. The van der Waals surface area contributed by atoms with Crippen molar-refractivity contribution in [3.8, 4) is 17.1 Å². The van der Waals surface area contributed by atoms with Gasteiger partial charge in [0, 0.05) is 18.8 Å². The van der Waals surface area contributed by atoms with Crippen LogP contribution in [0.5, 0.6) is 5.75 Å². The molecule has 7 heteroatoms. The number of thioether (sulfide) groups is 1. The summed E-state index contributed by atoms with van der Waals surface area (Å²) in [4.78, 5) is 14.8. The third-order valence-corrected chi connectivity index (χ3v) is 6.49. The predicted molar refractivity (Wildman–Crippen MR) is 137 cm³/mol. The maximum Gasteiger partial charge on any atom is 0.237 e. The van der Waals surface area contributed by atoms with Crippen LogP contribution in [0.15, 0.2) is 90.1 Å². The van der Waals surface area contributed by atoms with Gasteiger partial charge in [-0.3, -0.25) is 4.79 Å². The van der Waals surface area contributed by atoms with Crippen LogP contribution in [-0.2, 0) is 17.8 Å². The highest BCUT2D eigenvalue weighted by atomic mass is 32.2. The molecular weight excluding hydrogens is 444 g/mol. The van der Waals surface area contributed by atoms with E-state index in [1.165, 1.54) is 17.3 Å². The number of carbonyl (C=O) groups is 1. The molecular formula is C27H28N4O2S. The highest BCUT2D eigenvalue weighted by Crippen LogP contribution is 2.31. The molecule has 0 saturated carbocycles. The lowest BCUT2D eigenvalue weighted by Crippen LogP contribution is -2.32. The number of benzene rings is 3. The second-order valence-corrected chi connectivity index (χ2v) is 8.60. The van der Waals surface area contributed by atoms with E-state index in [0.717, 1.165) is 29.2 Å². The summed E-state index contributed by atoms with van der Waals surface area (Å²) in [5.74, 6) is 1.79. The third-order valence-electron chi connectivity index (χ3n) is 5.54. The van der Waals surface area contributed by atoms with Crippen molar-refractivity contribution in [2.24, 2.45) is 0 Å². The van der Waals surface area contributed by atoms with Crippen LogP contribution in [0.1, 0.15) is 12.5 Å². The number of rotatable bonds is 10. The average Bonchev–Trinajstić information content (AvgIpc) is 3.30. The van der Waals surface area contributed by atoms with Gasteiger partial charge in [0.25, 0.3) is 0 Å². The van der Waals surface area contributed by atoms with Crippen molar-refractivity contribution in [2.45, 2.75) is 25.0 Å². The molecule has 4 rings (SSSR count). The Labute approximate surface area is 204 Å². The van der Waals surface area contributed by atoms with E-state index in [9.17, 15) is 4.79 Å². The molecule has 1 amide bonds. The number of hydrogen-bond acceptors (Lipinski definition) is 5. The van der Waals surface area contributed by atoms with E-state index < -0.39 is 0 Å². The van der Waals surface area contributed by atoms with E-state index in [1.807, 2.05) is 79.7 Å². The normalized spacial score (nSPS) is 10.8. The zero-order valence-electron chi connectivity index (χ0n) is 19.4. The number of ether oxygens (including phenoxy) is 1. The fourth-order valence-corrected chi connectivity index (χ4v) is 4.67. The van der Waals surface area contributed by atoms with E-state index in [-0.39, 0.29) is 11.7 Å². The Morgan fingerprint density at radius 2 is 1.62 bits per heavy atom. The predicted octanol–water partition coefficient (Wildman–Crippen LogP) is 5.34. The fraction of sp³-hybridized carbons (Fsp3) is 0.222. The Bertz CT molecular complexity index is 1210. The Balaban J connectivity index is 1.58. The van der Waals surface area contributed by atoms with Crippen molar-refractivity contribution >= 4 is 23.4 Å². The van der Waals surface area contributed by atoms with Gasteiger partial charge >= 0.3 is 0 Å². The molecule has 0 spiro atoms. The monoisotopic (exact) mass is 472 g/mol. The number of nitrogens with zero attached hydrogens (tertiary/aromatic N) is 4. The number of methoxy groups -OCH3 is 1. The van der Waals surface area contributed by atoms with Gasteiger partial charge in [-0.2, -0.15) is 0 Å². The molecule has 0 radical (unpaired) electrons. The zero-order valence-corrected chi connectivity index (χ0v) is 20.2.